The average molecular weight is 234 g/mol. The van der Waals surface area contributed by atoms with Crippen molar-refractivity contribution < 1.29 is 9.90 Å². The van der Waals surface area contributed by atoms with Gasteiger partial charge in [0.05, 0.1) is 15.6 Å². The van der Waals surface area contributed by atoms with Crippen LogP contribution in [-0.4, -0.2) is 21.0 Å². The van der Waals surface area contributed by atoms with Gasteiger partial charge in [-0.2, -0.15) is 0 Å². The molecule has 82 valence electrons. The summed E-state index contributed by atoms with van der Waals surface area (Å²) in [5.41, 5.74) is 1.79. The van der Waals surface area contributed by atoms with Crippen LogP contribution >= 0.6 is 11.3 Å². The second kappa shape index (κ2) is 4.02. The Morgan fingerprint density at radius 1 is 1.38 bits per heavy atom. The average Bonchev–Trinajstić information content (AvgIpc) is 2.61. The SMILES string of the molecule is Cc1ccc(-c2sc(C)nc2C(=O)O)nc1. The molecule has 0 saturated heterocycles. The first kappa shape index (κ1) is 10.8. The summed E-state index contributed by atoms with van der Waals surface area (Å²) < 4.78 is 0. The van der Waals surface area contributed by atoms with Gasteiger partial charge in [-0.05, 0) is 25.5 Å². The molecule has 2 heterocycles. The van der Waals surface area contributed by atoms with Gasteiger partial charge >= 0.3 is 5.97 Å². The van der Waals surface area contributed by atoms with Crippen LogP contribution in [-0.2, 0) is 0 Å². The minimum absolute atomic E-state index is 0.0823. The van der Waals surface area contributed by atoms with Gasteiger partial charge in [-0.15, -0.1) is 11.3 Å². The number of pyridine rings is 1. The highest BCUT2D eigenvalue weighted by molar-refractivity contribution is 7.15. The largest absolute Gasteiger partial charge is 0.476 e. The van der Waals surface area contributed by atoms with Gasteiger partial charge in [0.1, 0.15) is 0 Å². The Hall–Kier alpha value is -1.75. The van der Waals surface area contributed by atoms with Crippen LogP contribution in [0.25, 0.3) is 10.6 Å². The maximum atomic E-state index is 11.0. The van der Waals surface area contributed by atoms with Crippen molar-refractivity contribution in [2.75, 3.05) is 0 Å². The lowest BCUT2D eigenvalue weighted by molar-refractivity contribution is 0.0692. The Morgan fingerprint density at radius 3 is 2.69 bits per heavy atom. The van der Waals surface area contributed by atoms with Crippen LogP contribution in [0.1, 0.15) is 21.1 Å². The molecule has 2 aromatic rings. The quantitative estimate of drug-likeness (QED) is 0.867. The molecule has 0 radical (unpaired) electrons. The second-order valence-corrected chi connectivity index (χ2v) is 4.64. The highest BCUT2D eigenvalue weighted by atomic mass is 32.1. The number of carboxylic acids is 1. The molecule has 0 spiro atoms. The number of carboxylic acid groups (broad SMARTS) is 1. The van der Waals surface area contributed by atoms with Crippen LogP contribution < -0.4 is 0 Å². The third-order valence-corrected chi connectivity index (χ3v) is 3.07. The molecule has 0 aliphatic heterocycles. The highest BCUT2D eigenvalue weighted by Gasteiger charge is 2.17. The Morgan fingerprint density at radius 2 is 2.12 bits per heavy atom. The Labute approximate surface area is 96.6 Å². The number of nitrogens with zero attached hydrogens (tertiary/aromatic N) is 2. The fourth-order valence-corrected chi connectivity index (χ4v) is 2.24. The summed E-state index contributed by atoms with van der Waals surface area (Å²) in [6, 6.07) is 3.72. The molecule has 0 saturated carbocycles. The predicted molar refractivity (Wildman–Crippen MR) is 61.8 cm³/mol. The van der Waals surface area contributed by atoms with Crippen molar-refractivity contribution in [2.24, 2.45) is 0 Å². The summed E-state index contributed by atoms with van der Waals surface area (Å²) in [6.07, 6.45) is 1.72. The number of hydrogen-bond donors (Lipinski definition) is 1. The zero-order chi connectivity index (χ0) is 11.7. The molecular formula is C11H10N2O2S. The number of hydrogen-bond acceptors (Lipinski definition) is 4. The molecule has 0 unspecified atom stereocenters. The first-order valence-electron chi connectivity index (χ1n) is 4.71. The maximum absolute atomic E-state index is 11.0. The van der Waals surface area contributed by atoms with Crippen molar-refractivity contribution in [3.63, 3.8) is 0 Å². The smallest absolute Gasteiger partial charge is 0.356 e. The van der Waals surface area contributed by atoms with E-state index >= 15 is 0 Å². The fourth-order valence-electron chi connectivity index (χ4n) is 1.35. The predicted octanol–water partition coefficient (Wildman–Crippen LogP) is 2.52. The van der Waals surface area contributed by atoms with Gasteiger partial charge in [0.25, 0.3) is 0 Å². The van der Waals surface area contributed by atoms with Gasteiger partial charge < -0.3 is 5.11 Å². The highest BCUT2D eigenvalue weighted by Crippen LogP contribution is 2.28. The van der Waals surface area contributed by atoms with Crippen LogP contribution in [0.3, 0.4) is 0 Å². The third-order valence-electron chi connectivity index (χ3n) is 2.08. The number of rotatable bonds is 2. The number of aryl methyl sites for hydroxylation is 2. The molecule has 2 aromatic heterocycles. The van der Waals surface area contributed by atoms with E-state index in [4.69, 9.17) is 5.11 Å². The van der Waals surface area contributed by atoms with Crippen LogP contribution in [0, 0.1) is 13.8 Å². The van der Waals surface area contributed by atoms with Crippen molar-refractivity contribution in [3.8, 4) is 10.6 Å². The first-order valence-corrected chi connectivity index (χ1v) is 5.53. The standard InChI is InChI=1S/C11H10N2O2S/c1-6-3-4-8(12-5-6)10-9(11(14)15)13-7(2)16-10/h3-5H,1-2H3,(H,14,15). The van der Waals surface area contributed by atoms with Gasteiger partial charge in [-0.1, -0.05) is 6.07 Å². The van der Waals surface area contributed by atoms with Gasteiger partial charge in [-0.3, -0.25) is 4.98 Å². The summed E-state index contributed by atoms with van der Waals surface area (Å²) in [5.74, 6) is -1.01. The van der Waals surface area contributed by atoms with Gasteiger partial charge in [0, 0.05) is 6.20 Å². The minimum atomic E-state index is -1.01. The topological polar surface area (TPSA) is 63.1 Å². The summed E-state index contributed by atoms with van der Waals surface area (Å²) >= 11 is 1.35. The Kier molecular flexibility index (Phi) is 2.70. The van der Waals surface area contributed by atoms with Crippen LogP contribution in [0.5, 0.6) is 0 Å². The molecule has 0 aromatic carbocycles. The van der Waals surface area contributed by atoms with Gasteiger partial charge in [-0.25, -0.2) is 9.78 Å². The normalized spacial score (nSPS) is 10.4. The van der Waals surface area contributed by atoms with Crippen molar-refractivity contribution >= 4 is 17.3 Å². The van der Waals surface area contributed by atoms with E-state index in [1.54, 1.807) is 13.1 Å². The fraction of sp³-hybridized carbons (Fsp3) is 0.182. The second-order valence-electron chi connectivity index (χ2n) is 3.44. The van der Waals surface area contributed by atoms with E-state index in [-0.39, 0.29) is 5.69 Å². The van der Waals surface area contributed by atoms with Crippen LogP contribution in [0.15, 0.2) is 18.3 Å². The Bertz CT molecular complexity index is 531. The van der Waals surface area contributed by atoms with Crippen molar-refractivity contribution in [1.82, 2.24) is 9.97 Å². The Balaban J connectivity index is 2.55. The molecule has 0 fully saturated rings. The van der Waals surface area contributed by atoms with Crippen LogP contribution in [0.2, 0.25) is 0 Å². The zero-order valence-corrected chi connectivity index (χ0v) is 9.71. The molecule has 5 heteroatoms. The minimum Gasteiger partial charge on any atom is -0.476 e. The van der Waals surface area contributed by atoms with E-state index in [9.17, 15) is 4.79 Å². The molecule has 0 bridgehead atoms. The maximum Gasteiger partial charge on any atom is 0.356 e. The summed E-state index contributed by atoms with van der Waals surface area (Å²) in [4.78, 5) is 19.8. The third kappa shape index (κ3) is 1.94. The molecule has 0 amide bonds. The van der Waals surface area contributed by atoms with E-state index in [0.29, 0.717) is 10.6 Å². The van der Waals surface area contributed by atoms with E-state index in [1.807, 2.05) is 19.1 Å². The van der Waals surface area contributed by atoms with Gasteiger partial charge in [0.2, 0.25) is 0 Å². The van der Waals surface area contributed by atoms with E-state index in [2.05, 4.69) is 9.97 Å². The lowest BCUT2D eigenvalue weighted by Crippen LogP contribution is -1.99. The number of carbonyl (C=O) groups is 1. The van der Waals surface area contributed by atoms with E-state index in [1.165, 1.54) is 11.3 Å². The monoisotopic (exact) mass is 234 g/mol. The molecule has 16 heavy (non-hydrogen) atoms. The molecule has 0 aliphatic rings. The molecule has 1 N–H and O–H groups in total. The molecular weight excluding hydrogens is 224 g/mol. The van der Waals surface area contributed by atoms with Crippen molar-refractivity contribution in [1.29, 1.82) is 0 Å². The molecule has 4 nitrogen and oxygen atoms in total. The number of thiazole rings is 1. The molecule has 2 rings (SSSR count). The summed E-state index contributed by atoms with van der Waals surface area (Å²) in [5, 5.41) is 9.74. The van der Waals surface area contributed by atoms with Crippen molar-refractivity contribution in [2.45, 2.75) is 13.8 Å². The lowest BCUT2D eigenvalue weighted by atomic mass is 10.2. The van der Waals surface area contributed by atoms with E-state index in [0.717, 1.165) is 10.6 Å². The van der Waals surface area contributed by atoms with Crippen molar-refractivity contribution in [3.05, 3.63) is 34.6 Å². The number of aromatic carboxylic acids is 1. The van der Waals surface area contributed by atoms with E-state index < -0.39 is 5.97 Å². The van der Waals surface area contributed by atoms with Gasteiger partial charge in [0.15, 0.2) is 5.69 Å². The first-order chi connectivity index (χ1) is 7.58. The summed E-state index contributed by atoms with van der Waals surface area (Å²) in [7, 11) is 0. The lowest BCUT2D eigenvalue weighted by Gasteiger charge is -1.98. The van der Waals surface area contributed by atoms with Crippen LogP contribution in [0.4, 0.5) is 0 Å². The zero-order valence-electron chi connectivity index (χ0n) is 8.89. The molecule has 0 aliphatic carbocycles. The number of aromatic nitrogens is 2. The summed E-state index contributed by atoms with van der Waals surface area (Å²) in [6.45, 7) is 3.72. The molecule has 0 atom stereocenters.